The Hall–Kier alpha value is -2.09. The first-order valence-electron chi connectivity index (χ1n) is 8.16. The Morgan fingerprint density at radius 1 is 0.955 bits per heavy atom. The fourth-order valence-corrected chi connectivity index (χ4v) is 3.93. The van der Waals surface area contributed by atoms with Crippen molar-refractivity contribution >= 4 is 5.78 Å². The van der Waals surface area contributed by atoms with Gasteiger partial charge in [-0.3, -0.25) is 4.79 Å². The van der Waals surface area contributed by atoms with Crippen molar-refractivity contribution in [2.75, 3.05) is 0 Å². The van der Waals surface area contributed by atoms with E-state index in [9.17, 15) is 4.79 Å². The van der Waals surface area contributed by atoms with E-state index in [0.717, 1.165) is 29.7 Å². The molecular weight excluding hydrogens is 272 g/mol. The van der Waals surface area contributed by atoms with Crippen molar-refractivity contribution in [1.82, 2.24) is 0 Å². The minimum absolute atomic E-state index is 0.147. The molecule has 1 saturated carbocycles. The maximum atomic E-state index is 12.6. The Morgan fingerprint density at radius 2 is 1.73 bits per heavy atom. The molecule has 0 aliphatic heterocycles. The molecule has 112 valence electrons. The lowest BCUT2D eigenvalue weighted by Crippen LogP contribution is -2.47. The fourth-order valence-electron chi connectivity index (χ4n) is 3.93. The molecule has 22 heavy (non-hydrogen) atoms. The lowest BCUT2D eigenvalue weighted by Gasteiger charge is -2.45. The van der Waals surface area contributed by atoms with Gasteiger partial charge in [0.15, 0.2) is 5.78 Å². The van der Waals surface area contributed by atoms with Crippen molar-refractivity contribution in [1.29, 1.82) is 0 Å². The lowest BCUT2D eigenvalue weighted by molar-refractivity contribution is 0.0780. The van der Waals surface area contributed by atoms with Crippen LogP contribution in [0.5, 0.6) is 5.75 Å². The SMILES string of the molecule is O=C1c2cc(OCc3ccccc3)ccc2C12CCCCC2. The van der Waals surface area contributed by atoms with Crippen molar-refractivity contribution in [2.45, 2.75) is 44.1 Å². The maximum absolute atomic E-state index is 12.6. The zero-order chi connectivity index (χ0) is 15.0. The van der Waals surface area contributed by atoms with Crippen molar-refractivity contribution in [3.05, 3.63) is 65.2 Å². The van der Waals surface area contributed by atoms with Gasteiger partial charge in [-0.15, -0.1) is 0 Å². The highest BCUT2D eigenvalue weighted by atomic mass is 16.5. The van der Waals surface area contributed by atoms with Crippen molar-refractivity contribution < 1.29 is 9.53 Å². The summed E-state index contributed by atoms with van der Waals surface area (Å²) in [4.78, 5) is 12.6. The number of hydrogen-bond acceptors (Lipinski definition) is 2. The van der Waals surface area contributed by atoms with Gasteiger partial charge in [-0.05, 0) is 36.1 Å². The van der Waals surface area contributed by atoms with E-state index in [0.29, 0.717) is 12.4 Å². The van der Waals surface area contributed by atoms with Crippen LogP contribution in [0.15, 0.2) is 48.5 Å². The zero-order valence-corrected chi connectivity index (χ0v) is 12.7. The van der Waals surface area contributed by atoms with Gasteiger partial charge in [0, 0.05) is 5.56 Å². The first-order chi connectivity index (χ1) is 10.8. The number of ether oxygens (including phenoxy) is 1. The number of hydrogen-bond donors (Lipinski definition) is 0. The quantitative estimate of drug-likeness (QED) is 0.822. The predicted octanol–water partition coefficient (Wildman–Crippen LogP) is 4.66. The van der Waals surface area contributed by atoms with Gasteiger partial charge in [0.25, 0.3) is 0 Å². The molecule has 0 aromatic heterocycles. The normalized spacial score (nSPS) is 18.6. The molecule has 0 radical (unpaired) electrons. The number of ketones is 1. The molecule has 1 fully saturated rings. The van der Waals surface area contributed by atoms with Crippen LogP contribution in [-0.4, -0.2) is 5.78 Å². The summed E-state index contributed by atoms with van der Waals surface area (Å²) < 4.78 is 5.83. The highest BCUT2D eigenvalue weighted by molar-refractivity contribution is 6.14. The molecule has 0 amide bonds. The Balaban J connectivity index is 1.52. The number of rotatable bonds is 3. The number of benzene rings is 2. The van der Waals surface area contributed by atoms with E-state index in [4.69, 9.17) is 4.74 Å². The third-order valence-corrected chi connectivity index (χ3v) is 5.14. The average Bonchev–Trinajstić information content (AvgIpc) is 2.61. The number of carbonyl (C=O) groups excluding carboxylic acids is 1. The predicted molar refractivity (Wildman–Crippen MR) is 86.3 cm³/mol. The van der Waals surface area contributed by atoms with Crippen LogP contribution in [0.2, 0.25) is 0 Å². The summed E-state index contributed by atoms with van der Waals surface area (Å²) in [6.07, 6.45) is 5.68. The van der Waals surface area contributed by atoms with Gasteiger partial charge >= 0.3 is 0 Å². The van der Waals surface area contributed by atoms with E-state index in [2.05, 4.69) is 6.07 Å². The molecule has 1 spiro atoms. The van der Waals surface area contributed by atoms with E-state index in [1.165, 1.54) is 24.8 Å². The first kappa shape index (κ1) is 13.6. The smallest absolute Gasteiger partial charge is 0.173 e. The van der Waals surface area contributed by atoms with Gasteiger partial charge in [-0.2, -0.15) is 0 Å². The Kier molecular flexibility index (Phi) is 3.25. The molecule has 2 heteroatoms. The highest BCUT2D eigenvalue weighted by Gasteiger charge is 2.51. The summed E-state index contributed by atoms with van der Waals surface area (Å²) in [7, 11) is 0. The summed E-state index contributed by atoms with van der Waals surface area (Å²) in [5.41, 5.74) is 3.13. The van der Waals surface area contributed by atoms with Crippen LogP contribution in [0.4, 0.5) is 0 Å². The van der Waals surface area contributed by atoms with Crippen molar-refractivity contribution in [2.24, 2.45) is 0 Å². The van der Waals surface area contributed by atoms with Crippen LogP contribution in [0, 0.1) is 0 Å². The van der Waals surface area contributed by atoms with Crippen LogP contribution in [-0.2, 0) is 12.0 Å². The molecule has 2 aromatic rings. The van der Waals surface area contributed by atoms with E-state index in [-0.39, 0.29) is 5.41 Å². The molecule has 2 aliphatic rings. The van der Waals surface area contributed by atoms with Gasteiger partial charge in [0.2, 0.25) is 0 Å². The summed E-state index contributed by atoms with van der Waals surface area (Å²) >= 11 is 0. The monoisotopic (exact) mass is 292 g/mol. The molecule has 2 aliphatic carbocycles. The second-order valence-corrected chi connectivity index (χ2v) is 6.45. The van der Waals surface area contributed by atoms with E-state index in [1.54, 1.807) is 0 Å². The number of carbonyl (C=O) groups is 1. The van der Waals surface area contributed by atoms with Gasteiger partial charge in [0.1, 0.15) is 12.4 Å². The molecule has 2 nitrogen and oxygen atoms in total. The van der Waals surface area contributed by atoms with Crippen molar-refractivity contribution in [3.63, 3.8) is 0 Å². The summed E-state index contributed by atoms with van der Waals surface area (Å²) in [6, 6.07) is 16.2. The zero-order valence-electron chi connectivity index (χ0n) is 12.7. The summed E-state index contributed by atoms with van der Waals surface area (Å²) in [5, 5.41) is 0. The van der Waals surface area contributed by atoms with Gasteiger partial charge in [-0.1, -0.05) is 55.7 Å². The second-order valence-electron chi connectivity index (χ2n) is 6.45. The standard InChI is InChI=1S/C20H20O2/c21-19-17-13-16(22-14-15-7-3-1-4-8-15)9-10-18(17)20(19)11-5-2-6-12-20/h1,3-4,7-10,13H,2,5-6,11-12,14H2. The average molecular weight is 292 g/mol. The molecule has 0 saturated heterocycles. The van der Waals surface area contributed by atoms with Crippen LogP contribution >= 0.6 is 0 Å². The van der Waals surface area contributed by atoms with Crippen molar-refractivity contribution in [3.8, 4) is 5.75 Å². The Bertz CT molecular complexity index is 697. The van der Waals surface area contributed by atoms with E-state index in [1.807, 2.05) is 42.5 Å². The summed E-state index contributed by atoms with van der Waals surface area (Å²) in [5.74, 6) is 1.13. The van der Waals surface area contributed by atoms with E-state index < -0.39 is 0 Å². The molecule has 4 rings (SSSR count). The molecular formula is C20H20O2. The van der Waals surface area contributed by atoms with E-state index >= 15 is 0 Å². The lowest BCUT2D eigenvalue weighted by atomic mass is 9.56. The first-order valence-corrected chi connectivity index (χ1v) is 8.16. The van der Waals surface area contributed by atoms with Crippen LogP contribution < -0.4 is 4.74 Å². The number of Topliss-reactive ketones (excluding diaryl/α,β-unsaturated/α-hetero) is 1. The third kappa shape index (κ3) is 2.06. The molecule has 0 atom stereocenters. The fraction of sp³-hybridized carbons (Fsp3) is 0.350. The van der Waals surface area contributed by atoms with Crippen LogP contribution in [0.25, 0.3) is 0 Å². The molecule has 0 bridgehead atoms. The maximum Gasteiger partial charge on any atom is 0.173 e. The largest absolute Gasteiger partial charge is 0.489 e. The van der Waals surface area contributed by atoms with Gasteiger partial charge < -0.3 is 4.74 Å². The highest BCUT2D eigenvalue weighted by Crippen LogP contribution is 2.51. The second kappa shape index (κ2) is 5.28. The van der Waals surface area contributed by atoms with Gasteiger partial charge in [0.05, 0.1) is 5.41 Å². The minimum atomic E-state index is -0.147. The molecule has 0 N–H and O–H groups in total. The Labute approximate surface area is 131 Å². The summed E-state index contributed by atoms with van der Waals surface area (Å²) in [6.45, 7) is 0.541. The molecule has 0 unspecified atom stereocenters. The number of fused-ring (bicyclic) bond motifs is 2. The Morgan fingerprint density at radius 3 is 2.50 bits per heavy atom. The topological polar surface area (TPSA) is 26.3 Å². The third-order valence-electron chi connectivity index (χ3n) is 5.14. The molecule has 2 aromatic carbocycles. The minimum Gasteiger partial charge on any atom is -0.489 e. The van der Waals surface area contributed by atoms with Crippen LogP contribution in [0.1, 0.15) is 53.6 Å². The van der Waals surface area contributed by atoms with Crippen LogP contribution in [0.3, 0.4) is 0 Å². The van der Waals surface area contributed by atoms with Gasteiger partial charge in [-0.25, -0.2) is 0 Å². The molecule has 0 heterocycles.